The van der Waals surface area contributed by atoms with E-state index in [9.17, 15) is 4.79 Å². The molecule has 0 heterocycles. The molecule has 0 saturated heterocycles. The summed E-state index contributed by atoms with van der Waals surface area (Å²) >= 11 is 11.3. The molecule has 0 radical (unpaired) electrons. The largest absolute Gasteiger partial charge is 0.351 e. The van der Waals surface area contributed by atoms with E-state index in [1.54, 1.807) is 0 Å². The van der Waals surface area contributed by atoms with Crippen molar-refractivity contribution in [3.8, 4) is 0 Å². The Kier molecular flexibility index (Phi) is 4.23. The molecular weight excluding hydrogens is 221 g/mol. The van der Waals surface area contributed by atoms with E-state index in [1.165, 1.54) is 0 Å². The van der Waals surface area contributed by atoms with Crippen LogP contribution in [0.1, 0.15) is 11.1 Å². The molecule has 0 aliphatic carbocycles. The summed E-state index contributed by atoms with van der Waals surface area (Å²) < 4.78 is 0. The average Bonchev–Trinajstić information content (AvgIpc) is 2.19. The van der Waals surface area contributed by atoms with Crippen molar-refractivity contribution in [1.29, 1.82) is 0 Å². The molecule has 0 unspecified atom stereocenters. The van der Waals surface area contributed by atoms with Gasteiger partial charge in [0.1, 0.15) is 5.88 Å². The van der Waals surface area contributed by atoms with E-state index in [0.717, 1.165) is 11.1 Å². The van der Waals surface area contributed by atoms with E-state index in [1.807, 2.05) is 25.1 Å². The fourth-order valence-electron chi connectivity index (χ4n) is 0.994. The summed E-state index contributed by atoms with van der Waals surface area (Å²) in [6, 6.07) is 5.69. The second kappa shape index (κ2) is 5.23. The fraction of sp³-hybridized carbons (Fsp3) is 0.300. The van der Waals surface area contributed by atoms with Crippen LogP contribution in [0, 0.1) is 6.92 Å². The second-order valence-corrected chi connectivity index (χ2v) is 3.67. The smallest absolute Gasteiger partial charge is 0.235 e. The summed E-state index contributed by atoms with van der Waals surface area (Å²) in [5, 5.41) is 3.38. The SMILES string of the molecule is Cc1ccc(CNC(=O)CCl)cc1Cl. The van der Waals surface area contributed by atoms with E-state index < -0.39 is 0 Å². The molecule has 14 heavy (non-hydrogen) atoms. The van der Waals surface area contributed by atoms with Crippen LogP contribution in [0.4, 0.5) is 0 Å². The van der Waals surface area contributed by atoms with Gasteiger partial charge in [-0.05, 0) is 24.1 Å². The predicted octanol–water partition coefficient (Wildman–Crippen LogP) is 2.50. The van der Waals surface area contributed by atoms with Gasteiger partial charge in [0.2, 0.25) is 5.91 Å². The maximum Gasteiger partial charge on any atom is 0.235 e. The summed E-state index contributed by atoms with van der Waals surface area (Å²) in [5.74, 6) is -0.192. The molecule has 1 aromatic carbocycles. The van der Waals surface area contributed by atoms with Crippen LogP contribution in [0.2, 0.25) is 5.02 Å². The number of carbonyl (C=O) groups excluding carboxylic acids is 1. The van der Waals surface area contributed by atoms with Crippen LogP contribution in [0.15, 0.2) is 18.2 Å². The summed E-state index contributed by atoms with van der Waals surface area (Å²) in [6.45, 7) is 2.40. The van der Waals surface area contributed by atoms with Gasteiger partial charge in [-0.25, -0.2) is 0 Å². The van der Waals surface area contributed by atoms with E-state index in [-0.39, 0.29) is 11.8 Å². The van der Waals surface area contributed by atoms with Crippen LogP contribution >= 0.6 is 23.2 Å². The first-order valence-electron chi connectivity index (χ1n) is 4.21. The highest BCUT2D eigenvalue weighted by atomic mass is 35.5. The minimum atomic E-state index is -0.177. The van der Waals surface area contributed by atoms with E-state index in [4.69, 9.17) is 23.2 Å². The summed E-state index contributed by atoms with van der Waals surface area (Å²) in [7, 11) is 0. The quantitative estimate of drug-likeness (QED) is 0.797. The van der Waals surface area contributed by atoms with Crippen LogP contribution in [0.3, 0.4) is 0 Å². The Morgan fingerprint density at radius 3 is 2.79 bits per heavy atom. The minimum Gasteiger partial charge on any atom is -0.351 e. The van der Waals surface area contributed by atoms with Crippen molar-refractivity contribution in [3.63, 3.8) is 0 Å². The first-order chi connectivity index (χ1) is 6.63. The molecule has 1 N–H and O–H groups in total. The van der Waals surface area contributed by atoms with E-state index >= 15 is 0 Å². The summed E-state index contributed by atoms with van der Waals surface area (Å²) in [5.41, 5.74) is 2.00. The number of rotatable bonds is 3. The van der Waals surface area contributed by atoms with Crippen molar-refractivity contribution in [2.45, 2.75) is 13.5 Å². The van der Waals surface area contributed by atoms with Gasteiger partial charge in [-0.15, -0.1) is 11.6 Å². The number of benzene rings is 1. The second-order valence-electron chi connectivity index (χ2n) is 2.99. The fourth-order valence-corrected chi connectivity index (χ4v) is 1.29. The minimum absolute atomic E-state index is 0.0143. The normalized spacial score (nSPS) is 9.93. The molecule has 0 saturated carbocycles. The number of alkyl halides is 1. The Bertz CT molecular complexity index is 339. The van der Waals surface area contributed by atoms with Gasteiger partial charge < -0.3 is 5.32 Å². The third kappa shape index (κ3) is 3.20. The number of halogens is 2. The average molecular weight is 232 g/mol. The number of hydrogen-bond acceptors (Lipinski definition) is 1. The Hall–Kier alpha value is -0.730. The van der Waals surface area contributed by atoms with Crippen molar-refractivity contribution in [1.82, 2.24) is 5.32 Å². The highest BCUT2D eigenvalue weighted by Gasteiger charge is 2.00. The Morgan fingerprint density at radius 1 is 1.50 bits per heavy atom. The Morgan fingerprint density at radius 2 is 2.21 bits per heavy atom. The van der Waals surface area contributed by atoms with Gasteiger partial charge in [0.15, 0.2) is 0 Å². The van der Waals surface area contributed by atoms with Gasteiger partial charge in [0, 0.05) is 11.6 Å². The lowest BCUT2D eigenvalue weighted by molar-refractivity contribution is -0.118. The molecule has 76 valence electrons. The first-order valence-corrected chi connectivity index (χ1v) is 5.12. The molecule has 2 nitrogen and oxygen atoms in total. The molecular formula is C10H11Cl2NO. The molecule has 0 aromatic heterocycles. The number of nitrogens with one attached hydrogen (secondary N) is 1. The van der Waals surface area contributed by atoms with Crippen molar-refractivity contribution < 1.29 is 4.79 Å². The number of aryl methyl sites for hydroxylation is 1. The molecule has 1 aromatic rings. The number of carbonyl (C=O) groups is 1. The van der Waals surface area contributed by atoms with Gasteiger partial charge in [-0.3, -0.25) is 4.79 Å². The lowest BCUT2D eigenvalue weighted by Crippen LogP contribution is -2.23. The Balaban J connectivity index is 2.60. The molecule has 0 spiro atoms. The summed E-state index contributed by atoms with van der Waals surface area (Å²) in [6.07, 6.45) is 0. The van der Waals surface area contributed by atoms with E-state index in [0.29, 0.717) is 11.6 Å². The molecule has 1 rings (SSSR count). The number of amides is 1. The van der Waals surface area contributed by atoms with Crippen molar-refractivity contribution >= 4 is 29.1 Å². The van der Waals surface area contributed by atoms with Gasteiger partial charge in [0.25, 0.3) is 0 Å². The maximum atomic E-state index is 10.9. The van der Waals surface area contributed by atoms with Crippen LogP contribution in [0.25, 0.3) is 0 Å². The Labute approximate surface area is 93.2 Å². The lowest BCUT2D eigenvalue weighted by atomic mass is 10.1. The molecule has 0 fully saturated rings. The molecule has 0 atom stereocenters. The van der Waals surface area contributed by atoms with Gasteiger partial charge in [-0.2, -0.15) is 0 Å². The maximum absolute atomic E-state index is 10.9. The highest BCUT2D eigenvalue weighted by Crippen LogP contribution is 2.16. The third-order valence-corrected chi connectivity index (χ3v) is 2.50. The van der Waals surface area contributed by atoms with Crippen molar-refractivity contribution in [3.05, 3.63) is 34.3 Å². The molecule has 4 heteroatoms. The van der Waals surface area contributed by atoms with Crippen LogP contribution in [-0.4, -0.2) is 11.8 Å². The summed E-state index contributed by atoms with van der Waals surface area (Å²) in [4.78, 5) is 10.9. The molecule has 0 aliphatic heterocycles. The zero-order chi connectivity index (χ0) is 10.6. The zero-order valence-corrected chi connectivity index (χ0v) is 9.32. The van der Waals surface area contributed by atoms with Crippen LogP contribution in [0.5, 0.6) is 0 Å². The predicted molar refractivity (Wildman–Crippen MR) is 58.8 cm³/mol. The van der Waals surface area contributed by atoms with Crippen molar-refractivity contribution in [2.75, 3.05) is 5.88 Å². The van der Waals surface area contributed by atoms with Gasteiger partial charge >= 0.3 is 0 Å². The molecule has 0 aliphatic rings. The lowest BCUT2D eigenvalue weighted by Gasteiger charge is -2.04. The first kappa shape index (κ1) is 11.3. The standard InChI is InChI=1S/C10H11Cl2NO/c1-7-2-3-8(4-9(7)12)6-13-10(14)5-11/h2-4H,5-6H2,1H3,(H,13,14). The van der Waals surface area contributed by atoms with Gasteiger partial charge in [-0.1, -0.05) is 23.7 Å². The molecule has 1 amide bonds. The zero-order valence-electron chi connectivity index (χ0n) is 7.81. The van der Waals surface area contributed by atoms with E-state index in [2.05, 4.69) is 5.32 Å². The third-order valence-electron chi connectivity index (χ3n) is 1.85. The van der Waals surface area contributed by atoms with Crippen LogP contribution in [-0.2, 0) is 11.3 Å². The van der Waals surface area contributed by atoms with Gasteiger partial charge in [0.05, 0.1) is 0 Å². The number of hydrogen-bond donors (Lipinski definition) is 1. The van der Waals surface area contributed by atoms with Crippen LogP contribution < -0.4 is 5.32 Å². The molecule has 0 bridgehead atoms. The van der Waals surface area contributed by atoms with Crippen molar-refractivity contribution in [2.24, 2.45) is 0 Å². The highest BCUT2D eigenvalue weighted by molar-refractivity contribution is 6.31. The monoisotopic (exact) mass is 231 g/mol. The topological polar surface area (TPSA) is 29.1 Å².